The molecule has 0 aliphatic heterocycles. The molecule has 0 heterocycles. The van der Waals surface area contributed by atoms with Gasteiger partial charge in [-0.05, 0) is 24.1 Å². The summed E-state index contributed by atoms with van der Waals surface area (Å²) in [5, 5.41) is 0. The van der Waals surface area contributed by atoms with Crippen molar-refractivity contribution in [3.63, 3.8) is 0 Å². The van der Waals surface area contributed by atoms with Crippen molar-refractivity contribution in [3.05, 3.63) is 34.9 Å². The Morgan fingerprint density at radius 3 is 3.15 bits per heavy atom. The zero-order chi connectivity index (χ0) is 9.26. The molecule has 1 aromatic carbocycles. The van der Waals surface area contributed by atoms with Gasteiger partial charge in [0, 0.05) is 18.6 Å². The van der Waals surface area contributed by atoms with Crippen molar-refractivity contribution >= 4 is 6.29 Å². The molecule has 0 fully saturated rings. The van der Waals surface area contributed by atoms with Gasteiger partial charge in [-0.15, -0.1) is 0 Å². The van der Waals surface area contributed by atoms with E-state index in [2.05, 4.69) is 0 Å². The maximum Gasteiger partial charge on any atom is 0.150 e. The number of hydrogen-bond donors (Lipinski definition) is 0. The van der Waals surface area contributed by atoms with Crippen molar-refractivity contribution in [2.75, 3.05) is 6.61 Å². The van der Waals surface area contributed by atoms with Crippen molar-refractivity contribution in [3.8, 4) is 0 Å². The Morgan fingerprint density at radius 2 is 2.46 bits per heavy atom. The maximum absolute atomic E-state index is 10.5. The van der Waals surface area contributed by atoms with E-state index in [0.717, 1.165) is 24.9 Å². The van der Waals surface area contributed by atoms with E-state index in [-0.39, 0.29) is 6.10 Å². The van der Waals surface area contributed by atoms with Gasteiger partial charge in [0.1, 0.15) is 6.29 Å². The lowest BCUT2D eigenvalue weighted by Gasteiger charge is -2.29. The second-order valence-electron chi connectivity index (χ2n) is 3.22. The molecule has 2 nitrogen and oxygen atoms in total. The molecule has 1 aromatic rings. The SMILES string of the molecule is CCOC1Cc2ccc(C=O)cc21. The van der Waals surface area contributed by atoms with E-state index >= 15 is 0 Å². The molecule has 13 heavy (non-hydrogen) atoms. The second kappa shape index (κ2) is 3.30. The van der Waals surface area contributed by atoms with Crippen LogP contribution in [-0.4, -0.2) is 12.9 Å². The van der Waals surface area contributed by atoms with Gasteiger partial charge in [-0.1, -0.05) is 12.1 Å². The average molecular weight is 176 g/mol. The number of carbonyl (C=O) groups is 1. The first-order valence-corrected chi connectivity index (χ1v) is 4.54. The van der Waals surface area contributed by atoms with Crippen molar-refractivity contribution in [2.24, 2.45) is 0 Å². The molecule has 0 radical (unpaired) electrons. The van der Waals surface area contributed by atoms with Crippen molar-refractivity contribution in [1.82, 2.24) is 0 Å². The van der Waals surface area contributed by atoms with Gasteiger partial charge >= 0.3 is 0 Å². The lowest BCUT2D eigenvalue weighted by molar-refractivity contribution is 0.0462. The fraction of sp³-hybridized carbons (Fsp3) is 0.364. The van der Waals surface area contributed by atoms with Gasteiger partial charge in [0.25, 0.3) is 0 Å². The highest BCUT2D eigenvalue weighted by Gasteiger charge is 2.26. The normalized spacial score (nSPS) is 19.0. The van der Waals surface area contributed by atoms with Crippen molar-refractivity contribution in [1.29, 1.82) is 0 Å². The number of aldehydes is 1. The highest BCUT2D eigenvalue weighted by molar-refractivity contribution is 5.75. The molecule has 0 N–H and O–H groups in total. The molecule has 1 aliphatic carbocycles. The van der Waals surface area contributed by atoms with Crippen LogP contribution in [0, 0.1) is 0 Å². The van der Waals surface area contributed by atoms with Crippen molar-refractivity contribution < 1.29 is 9.53 Å². The zero-order valence-electron chi connectivity index (χ0n) is 7.62. The van der Waals surface area contributed by atoms with Gasteiger partial charge in [-0.2, -0.15) is 0 Å². The summed E-state index contributed by atoms with van der Waals surface area (Å²) >= 11 is 0. The van der Waals surface area contributed by atoms with Gasteiger partial charge < -0.3 is 4.74 Å². The van der Waals surface area contributed by atoms with E-state index in [9.17, 15) is 4.79 Å². The average Bonchev–Trinajstić information content (AvgIpc) is 2.14. The Kier molecular flexibility index (Phi) is 2.15. The predicted molar refractivity (Wildman–Crippen MR) is 49.9 cm³/mol. The predicted octanol–water partition coefficient (Wildman–Crippen LogP) is 2.13. The molecular formula is C11H12O2. The van der Waals surface area contributed by atoms with Crippen LogP contribution in [-0.2, 0) is 11.2 Å². The molecule has 0 aromatic heterocycles. The van der Waals surface area contributed by atoms with E-state index in [0.29, 0.717) is 0 Å². The highest BCUT2D eigenvalue weighted by Crippen LogP contribution is 2.36. The minimum atomic E-state index is 0.222. The molecule has 0 amide bonds. The summed E-state index contributed by atoms with van der Waals surface area (Å²) in [6.07, 6.45) is 2.09. The third-order valence-corrected chi connectivity index (χ3v) is 2.43. The highest BCUT2D eigenvalue weighted by atomic mass is 16.5. The van der Waals surface area contributed by atoms with Gasteiger partial charge in [0.05, 0.1) is 6.10 Å². The summed E-state index contributed by atoms with van der Waals surface area (Å²) in [6, 6.07) is 5.79. The largest absolute Gasteiger partial charge is 0.373 e. The first kappa shape index (κ1) is 8.45. The van der Waals surface area contributed by atoms with Crippen LogP contribution in [0.3, 0.4) is 0 Å². The second-order valence-corrected chi connectivity index (χ2v) is 3.22. The third kappa shape index (κ3) is 1.38. The molecule has 1 atom stereocenters. The molecule has 0 bridgehead atoms. The summed E-state index contributed by atoms with van der Waals surface area (Å²) in [5.74, 6) is 0. The summed E-state index contributed by atoms with van der Waals surface area (Å²) in [6.45, 7) is 2.72. The lowest BCUT2D eigenvalue weighted by atomic mass is 9.84. The molecule has 1 unspecified atom stereocenters. The van der Waals surface area contributed by atoms with Crippen LogP contribution >= 0.6 is 0 Å². The molecular weight excluding hydrogens is 164 g/mol. The van der Waals surface area contributed by atoms with Gasteiger partial charge in [0.2, 0.25) is 0 Å². The Balaban J connectivity index is 2.24. The molecule has 0 spiro atoms. The molecule has 68 valence electrons. The van der Waals surface area contributed by atoms with Crippen LogP contribution in [0.2, 0.25) is 0 Å². The first-order valence-electron chi connectivity index (χ1n) is 4.54. The molecule has 1 aliphatic rings. The summed E-state index contributed by atoms with van der Waals surface area (Å²) < 4.78 is 5.49. The summed E-state index contributed by atoms with van der Waals surface area (Å²) in [7, 11) is 0. The van der Waals surface area contributed by atoms with Gasteiger partial charge in [-0.3, -0.25) is 4.79 Å². The van der Waals surface area contributed by atoms with E-state index in [4.69, 9.17) is 4.74 Å². The van der Waals surface area contributed by atoms with Gasteiger partial charge in [0.15, 0.2) is 0 Å². The maximum atomic E-state index is 10.5. The number of rotatable bonds is 3. The van der Waals surface area contributed by atoms with Crippen LogP contribution in [0.4, 0.5) is 0 Å². The van der Waals surface area contributed by atoms with Crippen LogP contribution in [0.1, 0.15) is 34.5 Å². The Bertz CT molecular complexity index is 331. The van der Waals surface area contributed by atoms with Crippen LogP contribution < -0.4 is 0 Å². The quantitative estimate of drug-likeness (QED) is 0.659. The zero-order valence-corrected chi connectivity index (χ0v) is 7.62. The molecule has 2 rings (SSSR count). The van der Waals surface area contributed by atoms with Crippen LogP contribution in [0.5, 0.6) is 0 Å². The number of ether oxygens (including phenoxy) is 1. The Morgan fingerprint density at radius 1 is 1.62 bits per heavy atom. The van der Waals surface area contributed by atoms with Crippen molar-refractivity contribution in [2.45, 2.75) is 19.4 Å². The standard InChI is InChI=1S/C11H12O2/c1-2-13-11-6-9-4-3-8(7-12)5-10(9)11/h3-5,7,11H,2,6H2,1H3. The lowest BCUT2D eigenvalue weighted by Crippen LogP contribution is -2.20. The van der Waals surface area contributed by atoms with E-state index in [1.807, 2.05) is 25.1 Å². The molecule has 0 saturated heterocycles. The van der Waals surface area contributed by atoms with Crippen LogP contribution in [0.25, 0.3) is 0 Å². The molecule has 0 saturated carbocycles. The number of hydrogen-bond acceptors (Lipinski definition) is 2. The minimum Gasteiger partial charge on any atom is -0.373 e. The smallest absolute Gasteiger partial charge is 0.150 e. The van der Waals surface area contributed by atoms with Gasteiger partial charge in [-0.25, -0.2) is 0 Å². The summed E-state index contributed by atoms with van der Waals surface area (Å²) in [5.41, 5.74) is 3.23. The number of carbonyl (C=O) groups excluding carboxylic acids is 1. The minimum absolute atomic E-state index is 0.222. The summed E-state index contributed by atoms with van der Waals surface area (Å²) in [4.78, 5) is 10.5. The topological polar surface area (TPSA) is 26.3 Å². The third-order valence-electron chi connectivity index (χ3n) is 2.43. The fourth-order valence-electron chi connectivity index (χ4n) is 1.70. The van der Waals surface area contributed by atoms with E-state index in [1.165, 1.54) is 11.1 Å². The van der Waals surface area contributed by atoms with E-state index < -0.39 is 0 Å². The monoisotopic (exact) mass is 176 g/mol. The Labute approximate surface area is 77.5 Å². The molecule has 2 heteroatoms. The fourth-order valence-corrected chi connectivity index (χ4v) is 1.70. The number of benzene rings is 1. The number of fused-ring (bicyclic) bond motifs is 1. The first-order chi connectivity index (χ1) is 6.35. The van der Waals surface area contributed by atoms with E-state index in [1.54, 1.807) is 0 Å². The van der Waals surface area contributed by atoms with Crippen LogP contribution in [0.15, 0.2) is 18.2 Å². The Hall–Kier alpha value is -1.15.